The molecular formula is C57H39N3O2. The molecule has 0 bridgehead atoms. The first kappa shape index (κ1) is 35.2. The van der Waals surface area contributed by atoms with Crippen LogP contribution in [0.5, 0.6) is 0 Å². The molecule has 3 aromatic heterocycles. The van der Waals surface area contributed by atoms with Gasteiger partial charge in [0, 0.05) is 43.7 Å². The van der Waals surface area contributed by atoms with Crippen LogP contribution in [0, 0.1) is 0 Å². The number of benzene rings is 8. The monoisotopic (exact) mass is 797 g/mol. The summed E-state index contributed by atoms with van der Waals surface area (Å²) >= 11 is 0. The molecule has 2 aliphatic rings. The Balaban J connectivity index is 0.855. The van der Waals surface area contributed by atoms with Crippen molar-refractivity contribution in [2.75, 3.05) is 0 Å². The zero-order valence-electron chi connectivity index (χ0n) is 33.9. The third-order valence-corrected chi connectivity index (χ3v) is 13.6. The average Bonchev–Trinajstić information content (AvgIpc) is 3.99. The van der Waals surface area contributed by atoms with Gasteiger partial charge in [0.25, 0.3) is 0 Å². The fourth-order valence-electron chi connectivity index (χ4n) is 10.5. The number of hydrogen-bond acceptors (Lipinski definition) is 5. The molecule has 2 aliphatic carbocycles. The molecule has 1 saturated carbocycles. The van der Waals surface area contributed by atoms with Gasteiger partial charge < -0.3 is 8.83 Å². The number of hydrogen-bond donors (Lipinski definition) is 0. The standard InChI is InChI=1S/C57H39N3O2/c1-8-30-57(31-9-1)48-13-5-2-10-42(48)45-32-39(24-27-49(45)57)37-18-16-35(17-19-37)36-20-22-38(23-21-36)54-58-55(40-25-28-52-46(33-40)43-11-3-6-14-50(43)61-52)60-56(59-54)41-26-29-53-47(34-41)44-12-4-7-15-51(44)62-53/h2-7,10-29,32-34H,1,8-9,30-31H2. The molecule has 3 heterocycles. The second-order valence-corrected chi connectivity index (χ2v) is 17.0. The van der Waals surface area contributed by atoms with Crippen molar-refractivity contribution in [1.82, 2.24) is 15.0 Å². The van der Waals surface area contributed by atoms with E-state index in [1.54, 1.807) is 0 Å². The molecule has 62 heavy (non-hydrogen) atoms. The van der Waals surface area contributed by atoms with Gasteiger partial charge in [-0.25, -0.2) is 15.0 Å². The van der Waals surface area contributed by atoms with Crippen molar-refractivity contribution in [3.63, 3.8) is 0 Å². The molecule has 0 atom stereocenters. The zero-order chi connectivity index (χ0) is 40.8. The predicted molar refractivity (Wildman–Crippen MR) is 251 cm³/mol. The van der Waals surface area contributed by atoms with E-state index in [0.717, 1.165) is 71.7 Å². The Hall–Kier alpha value is -7.63. The third-order valence-electron chi connectivity index (χ3n) is 13.6. The summed E-state index contributed by atoms with van der Waals surface area (Å²) in [7, 11) is 0. The van der Waals surface area contributed by atoms with E-state index in [1.807, 2.05) is 60.7 Å². The minimum atomic E-state index is 0.178. The molecule has 0 aliphatic heterocycles. The maximum Gasteiger partial charge on any atom is 0.164 e. The van der Waals surface area contributed by atoms with Crippen molar-refractivity contribution in [2.24, 2.45) is 0 Å². The van der Waals surface area contributed by atoms with E-state index in [2.05, 4.69) is 115 Å². The molecule has 13 rings (SSSR count). The molecule has 11 aromatic rings. The van der Waals surface area contributed by atoms with Gasteiger partial charge >= 0.3 is 0 Å². The quantitative estimate of drug-likeness (QED) is 0.174. The smallest absolute Gasteiger partial charge is 0.164 e. The van der Waals surface area contributed by atoms with Gasteiger partial charge in [0.2, 0.25) is 0 Å². The summed E-state index contributed by atoms with van der Waals surface area (Å²) < 4.78 is 12.3. The predicted octanol–water partition coefficient (Wildman–Crippen LogP) is 15.2. The third kappa shape index (κ3) is 5.51. The Kier molecular flexibility index (Phi) is 7.77. The fraction of sp³-hybridized carbons (Fsp3) is 0.105. The Bertz CT molecular complexity index is 3420. The molecule has 0 unspecified atom stereocenters. The molecule has 0 radical (unpaired) electrons. The van der Waals surface area contributed by atoms with E-state index in [1.165, 1.54) is 65.5 Å². The summed E-state index contributed by atoms with van der Waals surface area (Å²) in [5, 5.41) is 4.17. The van der Waals surface area contributed by atoms with Crippen molar-refractivity contribution >= 4 is 43.9 Å². The van der Waals surface area contributed by atoms with Gasteiger partial charge in [0.05, 0.1) is 0 Å². The number of para-hydroxylation sites is 2. The first-order valence-corrected chi connectivity index (χ1v) is 21.7. The number of furan rings is 2. The van der Waals surface area contributed by atoms with E-state index < -0.39 is 0 Å². The van der Waals surface area contributed by atoms with E-state index in [4.69, 9.17) is 23.8 Å². The van der Waals surface area contributed by atoms with Gasteiger partial charge in [0.1, 0.15) is 22.3 Å². The van der Waals surface area contributed by atoms with Crippen molar-refractivity contribution in [1.29, 1.82) is 0 Å². The summed E-state index contributed by atoms with van der Waals surface area (Å²) in [6, 6.07) is 62.4. The van der Waals surface area contributed by atoms with Crippen LogP contribution in [-0.2, 0) is 5.41 Å². The maximum absolute atomic E-state index is 6.16. The first-order valence-electron chi connectivity index (χ1n) is 21.7. The van der Waals surface area contributed by atoms with Crippen molar-refractivity contribution in [2.45, 2.75) is 37.5 Å². The normalized spacial score (nSPS) is 14.3. The van der Waals surface area contributed by atoms with Crippen LogP contribution in [0.3, 0.4) is 0 Å². The van der Waals surface area contributed by atoms with Crippen LogP contribution in [0.1, 0.15) is 43.2 Å². The maximum atomic E-state index is 6.16. The lowest BCUT2D eigenvalue weighted by molar-refractivity contribution is 0.353. The Morgan fingerprint density at radius 2 is 0.758 bits per heavy atom. The molecule has 5 heteroatoms. The highest BCUT2D eigenvalue weighted by atomic mass is 16.3. The van der Waals surface area contributed by atoms with E-state index >= 15 is 0 Å². The molecule has 0 N–H and O–H groups in total. The lowest BCUT2D eigenvalue weighted by atomic mass is 9.68. The number of fused-ring (bicyclic) bond motifs is 11. The SMILES string of the molecule is c1ccc2c(c1)-c1cc(-c3ccc(-c4ccc(-c5nc(-c6ccc7oc8ccccc8c7c6)nc(-c6ccc7oc8ccccc8c7c6)n5)cc4)cc3)ccc1C21CCCCC1. The van der Waals surface area contributed by atoms with Crippen LogP contribution >= 0.6 is 0 Å². The number of rotatable bonds is 5. The van der Waals surface area contributed by atoms with E-state index in [0.29, 0.717) is 17.5 Å². The molecule has 1 fully saturated rings. The lowest BCUT2D eigenvalue weighted by Crippen LogP contribution is -2.27. The van der Waals surface area contributed by atoms with Gasteiger partial charge in [-0.05, 0) is 112 Å². The summed E-state index contributed by atoms with van der Waals surface area (Å²) in [5.41, 5.74) is 16.9. The van der Waals surface area contributed by atoms with Crippen LogP contribution in [0.25, 0.3) is 111 Å². The summed E-state index contributed by atoms with van der Waals surface area (Å²) in [6.45, 7) is 0. The molecule has 5 nitrogen and oxygen atoms in total. The van der Waals surface area contributed by atoms with Crippen LogP contribution in [-0.4, -0.2) is 15.0 Å². The van der Waals surface area contributed by atoms with Gasteiger partial charge in [-0.1, -0.05) is 141 Å². The van der Waals surface area contributed by atoms with Crippen molar-refractivity contribution < 1.29 is 8.83 Å². The highest BCUT2D eigenvalue weighted by molar-refractivity contribution is 6.07. The van der Waals surface area contributed by atoms with Gasteiger partial charge in [-0.3, -0.25) is 0 Å². The van der Waals surface area contributed by atoms with Crippen LogP contribution < -0.4 is 0 Å². The fourth-order valence-corrected chi connectivity index (χ4v) is 10.5. The first-order chi connectivity index (χ1) is 30.6. The van der Waals surface area contributed by atoms with Crippen LogP contribution in [0.2, 0.25) is 0 Å². The summed E-state index contributed by atoms with van der Waals surface area (Å²) in [6.07, 6.45) is 6.45. The minimum Gasteiger partial charge on any atom is -0.456 e. The molecular weight excluding hydrogens is 759 g/mol. The Morgan fingerprint density at radius 1 is 0.323 bits per heavy atom. The second-order valence-electron chi connectivity index (χ2n) is 17.0. The molecule has 0 saturated heterocycles. The number of nitrogens with zero attached hydrogens (tertiary/aromatic N) is 3. The highest BCUT2D eigenvalue weighted by Crippen LogP contribution is 2.56. The number of aromatic nitrogens is 3. The summed E-state index contributed by atoms with van der Waals surface area (Å²) in [5.74, 6) is 1.80. The Morgan fingerprint density at radius 3 is 1.35 bits per heavy atom. The van der Waals surface area contributed by atoms with Crippen molar-refractivity contribution in [3.05, 3.63) is 187 Å². The largest absolute Gasteiger partial charge is 0.456 e. The van der Waals surface area contributed by atoms with Crippen molar-refractivity contribution in [3.8, 4) is 67.5 Å². The van der Waals surface area contributed by atoms with Gasteiger partial charge in [-0.2, -0.15) is 0 Å². The molecule has 294 valence electrons. The average molecular weight is 798 g/mol. The minimum absolute atomic E-state index is 0.178. The lowest BCUT2D eigenvalue weighted by Gasteiger charge is -2.36. The highest BCUT2D eigenvalue weighted by Gasteiger charge is 2.43. The molecule has 1 spiro atoms. The van der Waals surface area contributed by atoms with E-state index in [-0.39, 0.29) is 5.41 Å². The van der Waals surface area contributed by atoms with Crippen LogP contribution in [0.15, 0.2) is 185 Å². The zero-order valence-corrected chi connectivity index (χ0v) is 33.9. The van der Waals surface area contributed by atoms with Gasteiger partial charge in [-0.15, -0.1) is 0 Å². The van der Waals surface area contributed by atoms with E-state index in [9.17, 15) is 0 Å². The summed E-state index contributed by atoms with van der Waals surface area (Å²) in [4.78, 5) is 15.3. The van der Waals surface area contributed by atoms with Gasteiger partial charge in [0.15, 0.2) is 17.5 Å². The van der Waals surface area contributed by atoms with Crippen LogP contribution in [0.4, 0.5) is 0 Å². The second kappa shape index (κ2) is 13.7. The molecule has 0 amide bonds. The molecule has 8 aromatic carbocycles. The topological polar surface area (TPSA) is 65.0 Å². The Labute approximate surface area is 358 Å².